The average molecular weight is 383 g/mol. The van der Waals surface area contributed by atoms with Crippen molar-refractivity contribution in [3.8, 4) is 5.75 Å². The molecule has 0 spiro atoms. The van der Waals surface area contributed by atoms with Gasteiger partial charge in [-0.15, -0.1) is 10.2 Å². The van der Waals surface area contributed by atoms with Gasteiger partial charge in [0.25, 0.3) is 10.0 Å². The zero-order valence-electron chi connectivity index (χ0n) is 13.7. The molecular formula is C16H19ClN4O3S. The summed E-state index contributed by atoms with van der Waals surface area (Å²) in [6, 6.07) is 7.94. The molecule has 0 amide bonds. The summed E-state index contributed by atoms with van der Waals surface area (Å²) < 4.78 is 32.3. The fourth-order valence-corrected chi connectivity index (χ4v) is 4.10. The van der Waals surface area contributed by atoms with Gasteiger partial charge in [0.1, 0.15) is 11.6 Å². The number of rotatable bonds is 6. The maximum atomic E-state index is 12.4. The lowest BCUT2D eigenvalue weighted by Crippen LogP contribution is -2.17. The van der Waals surface area contributed by atoms with Gasteiger partial charge in [0.15, 0.2) is 5.82 Å². The van der Waals surface area contributed by atoms with Crippen molar-refractivity contribution in [2.24, 2.45) is 0 Å². The molecule has 1 saturated carbocycles. The van der Waals surface area contributed by atoms with Crippen LogP contribution in [0, 0.1) is 0 Å². The summed E-state index contributed by atoms with van der Waals surface area (Å²) in [7, 11) is -2.35. The minimum Gasteiger partial charge on any atom is -0.495 e. The molecule has 7 nitrogen and oxygen atoms in total. The predicted molar refractivity (Wildman–Crippen MR) is 96.7 cm³/mol. The van der Waals surface area contributed by atoms with Crippen molar-refractivity contribution in [1.82, 2.24) is 10.2 Å². The zero-order valence-corrected chi connectivity index (χ0v) is 15.3. The topological polar surface area (TPSA) is 93.2 Å². The summed E-state index contributed by atoms with van der Waals surface area (Å²) >= 11 is 5.99. The van der Waals surface area contributed by atoms with E-state index in [0.717, 1.165) is 12.8 Å². The summed E-state index contributed by atoms with van der Waals surface area (Å²) in [4.78, 5) is 0.0215. The van der Waals surface area contributed by atoms with Gasteiger partial charge in [-0.05, 0) is 43.2 Å². The third-order valence-corrected chi connectivity index (χ3v) is 5.69. The van der Waals surface area contributed by atoms with Gasteiger partial charge in [0.2, 0.25) is 0 Å². The number of methoxy groups -OCH3 is 1. The first-order valence-corrected chi connectivity index (χ1v) is 9.81. The van der Waals surface area contributed by atoms with Crippen molar-refractivity contribution in [1.29, 1.82) is 0 Å². The maximum Gasteiger partial charge on any atom is 0.263 e. The molecule has 1 aliphatic rings. The fourth-order valence-electron chi connectivity index (χ4n) is 2.75. The standard InChI is InChI=1S/C16H19ClN4O3S/c1-24-14-7-6-12(10-13(14)17)25(22,23)21-16-9-8-15(19-20-16)18-11-4-2-3-5-11/h6-11H,2-5H2,1H3,(H,18,19)(H,20,21). The molecule has 0 unspecified atom stereocenters. The Morgan fingerprint density at radius 2 is 1.80 bits per heavy atom. The minimum atomic E-state index is -3.81. The lowest BCUT2D eigenvalue weighted by molar-refractivity contribution is 0.414. The molecule has 3 rings (SSSR count). The Bertz CT molecular complexity index is 837. The molecule has 2 N–H and O–H groups in total. The molecule has 1 heterocycles. The number of benzene rings is 1. The van der Waals surface area contributed by atoms with E-state index >= 15 is 0 Å². The number of ether oxygens (including phenoxy) is 1. The van der Waals surface area contributed by atoms with Gasteiger partial charge in [0, 0.05) is 6.04 Å². The molecule has 0 aliphatic heterocycles. The van der Waals surface area contributed by atoms with Gasteiger partial charge >= 0.3 is 0 Å². The molecular weight excluding hydrogens is 364 g/mol. The summed E-state index contributed by atoms with van der Waals surface area (Å²) in [6.45, 7) is 0. The highest BCUT2D eigenvalue weighted by Crippen LogP contribution is 2.27. The molecule has 25 heavy (non-hydrogen) atoms. The molecule has 1 fully saturated rings. The van der Waals surface area contributed by atoms with Crippen LogP contribution < -0.4 is 14.8 Å². The van der Waals surface area contributed by atoms with E-state index in [-0.39, 0.29) is 15.7 Å². The lowest BCUT2D eigenvalue weighted by atomic mass is 10.2. The van der Waals surface area contributed by atoms with Crippen molar-refractivity contribution < 1.29 is 13.2 Å². The summed E-state index contributed by atoms with van der Waals surface area (Å²) in [5.41, 5.74) is 0. The molecule has 1 aliphatic carbocycles. The van der Waals surface area contributed by atoms with Gasteiger partial charge in [-0.1, -0.05) is 24.4 Å². The SMILES string of the molecule is COc1ccc(S(=O)(=O)Nc2ccc(NC3CCCC3)nn2)cc1Cl. The quantitative estimate of drug-likeness (QED) is 0.796. The van der Waals surface area contributed by atoms with Crippen LogP contribution in [0.2, 0.25) is 5.02 Å². The third kappa shape index (κ3) is 4.32. The second-order valence-electron chi connectivity index (χ2n) is 5.83. The van der Waals surface area contributed by atoms with Crippen LogP contribution in [-0.2, 0) is 10.0 Å². The Hall–Kier alpha value is -2.06. The zero-order chi connectivity index (χ0) is 17.9. The largest absolute Gasteiger partial charge is 0.495 e. The monoisotopic (exact) mass is 382 g/mol. The van der Waals surface area contributed by atoms with Gasteiger partial charge < -0.3 is 10.1 Å². The number of aromatic nitrogens is 2. The fraction of sp³-hybridized carbons (Fsp3) is 0.375. The van der Waals surface area contributed by atoms with Crippen LogP contribution in [0.5, 0.6) is 5.75 Å². The number of nitrogens with zero attached hydrogens (tertiary/aromatic N) is 2. The van der Waals surface area contributed by atoms with E-state index in [1.165, 1.54) is 38.2 Å². The van der Waals surface area contributed by atoms with Crippen LogP contribution in [0.4, 0.5) is 11.6 Å². The van der Waals surface area contributed by atoms with Crippen molar-refractivity contribution in [3.05, 3.63) is 35.4 Å². The van der Waals surface area contributed by atoms with Gasteiger partial charge in [-0.2, -0.15) is 0 Å². The molecule has 1 aromatic heterocycles. The molecule has 0 bridgehead atoms. The number of halogens is 1. The van der Waals surface area contributed by atoms with Crippen LogP contribution in [-0.4, -0.2) is 31.8 Å². The van der Waals surface area contributed by atoms with Crippen LogP contribution in [0.3, 0.4) is 0 Å². The van der Waals surface area contributed by atoms with Crippen LogP contribution in [0.25, 0.3) is 0 Å². The highest BCUT2D eigenvalue weighted by molar-refractivity contribution is 7.92. The molecule has 1 aromatic carbocycles. The summed E-state index contributed by atoms with van der Waals surface area (Å²) in [5, 5.41) is 11.5. The highest BCUT2D eigenvalue weighted by atomic mass is 35.5. The molecule has 134 valence electrons. The number of nitrogens with one attached hydrogen (secondary N) is 2. The summed E-state index contributed by atoms with van der Waals surface area (Å²) in [5.74, 6) is 1.19. The average Bonchev–Trinajstić information content (AvgIpc) is 3.09. The first-order valence-electron chi connectivity index (χ1n) is 7.94. The Morgan fingerprint density at radius 1 is 1.12 bits per heavy atom. The van der Waals surface area contributed by atoms with E-state index in [4.69, 9.17) is 16.3 Å². The van der Waals surface area contributed by atoms with Gasteiger partial charge in [0.05, 0.1) is 17.0 Å². The number of hydrogen-bond acceptors (Lipinski definition) is 6. The smallest absolute Gasteiger partial charge is 0.263 e. The third-order valence-electron chi connectivity index (χ3n) is 4.04. The minimum absolute atomic E-state index is 0.0215. The number of sulfonamides is 1. The van der Waals surface area contributed by atoms with Gasteiger partial charge in [-0.3, -0.25) is 4.72 Å². The predicted octanol–water partition coefficient (Wildman–Crippen LogP) is 3.29. The first-order chi connectivity index (χ1) is 12.0. The molecule has 0 radical (unpaired) electrons. The summed E-state index contributed by atoms with van der Waals surface area (Å²) in [6.07, 6.45) is 4.67. The second-order valence-corrected chi connectivity index (χ2v) is 7.92. The van der Waals surface area contributed by atoms with E-state index in [2.05, 4.69) is 20.2 Å². The Labute approximate surface area is 151 Å². The van der Waals surface area contributed by atoms with E-state index in [0.29, 0.717) is 17.6 Å². The van der Waals surface area contributed by atoms with Crippen molar-refractivity contribution in [2.45, 2.75) is 36.6 Å². The van der Waals surface area contributed by atoms with Crippen molar-refractivity contribution in [2.75, 3.05) is 17.1 Å². The van der Waals surface area contributed by atoms with E-state index < -0.39 is 10.0 Å². The Morgan fingerprint density at radius 3 is 2.40 bits per heavy atom. The first kappa shape index (κ1) is 17.8. The van der Waals surface area contributed by atoms with Crippen LogP contribution in [0.1, 0.15) is 25.7 Å². The lowest BCUT2D eigenvalue weighted by Gasteiger charge is -2.12. The second kappa shape index (κ2) is 7.45. The number of hydrogen-bond donors (Lipinski definition) is 2. The van der Waals surface area contributed by atoms with E-state index in [9.17, 15) is 8.42 Å². The molecule has 2 aromatic rings. The molecule has 0 atom stereocenters. The van der Waals surface area contributed by atoms with Crippen molar-refractivity contribution in [3.63, 3.8) is 0 Å². The number of anilines is 2. The van der Waals surface area contributed by atoms with Crippen molar-refractivity contribution >= 4 is 33.3 Å². The Kier molecular flexibility index (Phi) is 5.29. The Balaban J connectivity index is 1.71. The molecule has 0 saturated heterocycles. The highest BCUT2D eigenvalue weighted by Gasteiger charge is 2.18. The normalized spacial score (nSPS) is 15.1. The van der Waals surface area contributed by atoms with Crippen LogP contribution >= 0.6 is 11.6 Å². The van der Waals surface area contributed by atoms with E-state index in [1.807, 2.05) is 0 Å². The molecule has 9 heteroatoms. The van der Waals surface area contributed by atoms with Gasteiger partial charge in [-0.25, -0.2) is 8.42 Å². The maximum absolute atomic E-state index is 12.4. The van der Waals surface area contributed by atoms with Crippen LogP contribution in [0.15, 0.2) is 35.2 Å². The van der Waals surface area contributed by atoms with E-state index in [1.54, 1.807) is 12.1 Å².